The maximum Gasteiger partial charge on any atom is 0.306 e. The number of rotatable bonds is 7. The third kappa shape index (κ3) is 5.41. The molecular weight excluding hydrogens is 248 g/mol. The summed E-state index contributed by atoms with van der Waals surface area (Å²) in [5.41, 5.74) is 0. The lowest BCUT2D eigenvalue weighted by Gasteiger charge is -2.04. The van der Waals surface area contributed by atoms with E-state index in [-0.39, 0.29) is 25.3 Å². The summed E-state index contributed by atoms with van der Waals surface area (Å²) in [4.78, 5) is 14.7. The third-order valence-electron chi connectivity index (χ3n) is 1.80. The van der Waals surface area contributed by atoms with Crippen LogP contribution in [0.15, 0.2) is 6.33 Å². The first-order valence-electron chi connectivity index (χ1n) is 5.00. The maximum atomic E-state index is 11.5. The minimum atomic E-state index is -3.51. The lowest BCUT2D eigenvalue weighted by Crippen LogP contribution is -2.27. The van der Waals surface area contributed by atoms with Gasteiger partial charge in [-0.15, -0.1) is 0 Å². The molecular formula is C8H14N4O4S. The monoisotopic (exact) mass is 262 g/mol. The predicted octanol–water partition coefficient (Wildman–Crippen LogP) is -0.823. The van der Waals surface area contributed by atoms with Gasteiger partial charge in [-0.05, 0) is 6.92 Å². The van der Waals surface area contributed by atoms with Crippen LogP contribution in [0.1, 0.15) is 19.2 Å². The van der Waals surface area contributed by atoms with Gasteiger partial charge in [0, 0.05) is 0 Å². The average molecular weight is 262 g/mol. The average Bonchev–Trinajstić information content (AvgIpc) is 2.77. The summed E-state index contributed by atoms with van der Waals surface area (Å²) in [6, 6.07) is 0. The molecule has 17 heavy (non-hydrogen) atoms. The molecule has 1 rings (SSSR count). The number of hydrogen-bond donors (Lipinski definition) is 2. The lowest BCUT2D eigenvalue weighted by molar-refractivity contribution is -0.142. The summed E-state index contributed by atoms with van der Waals surface area (Å²) >= 11 is 0. The van der Waals surface area contributed by atoms with Gasteiger partial charge < -0.3 is 4.74 Å². The van der Waals surface area contributed by atoms with E-state index in [1.807, 2.05) is 0 Å². The number of nitrogens with one attached hydrogen (secondary N) is 2. The van der Waals surface area contributed by atoms with E-state index < -0.39 is 16.0 Å². The number of nitrogens with zero attached hydrogens (tertiary/aromatic N) is 2. The first kappa shape index (κ1) is 13.6. The van der Waals surface area contributed by atoms with Crippen LogP contribution in [0.25, 0.3) is 0 Å². The molecule has 0 aliphatic rings. The zero-order chi connectivity index (χ0) is 12.7. The van der Waals surface area contributed by atoms with Crippen LogP contribution in [0.4, 0.5) is 0 Å². The Bertz CT molecular complexity index is 442. The summed E-state index contributed by atoms with van der Waals surface area (Å²) in [6.45, 7) is 1.92. The molecule has 0 radical (unpaired) electrons. The van der Waals surface area contributed by atoms with Gasteiger partial charge in [0.2, 0.25) is 10.0 Å². The Morgan fingerprint density at radius 3 is 2.94 bits per heavy atom. The van der Waals surface area contributed by atoms with Gasteiger partial charge in [0.15, 0.2) is 0 Å². The number of aromatic nitrogens is 3. The van der Waals surface area contributed by atoms with Gasteiger partial charge in [-0.3, -0.25) is 9.89 Å². The number of hydrogen-bond acceptors (Lipinski definition) is 6. The van der Waals surface area contributed by atoms with Gasteiger partial charge in [-0.1, -0.05) is 0 Å². The zero-order valence-electron chi connectivity index (χ0n) is 9.34. The molecule has 0 atom stereocenters. The highest BCUT2D eigenvalue weighted by molar-refractivity contribution is 7.89. The molecule has 0 aliphatic carbocycles. The lowest BCUT2D eigenvalue weighted by atomic mass is 10.5. The summed E-state index contributed by atoms with van der Waals surface area (Å²) < 4.78 is 29.8. The van der Waals surface area contributed by atoms with Crippen molar-refractivity contribution in [2.45, 2.75) is 19.9 Å². The normalized spacial score (nSPS) is 11.4. The predicted molar refractivity (Wildman–Crippen MR) is 58.3 cm³/mol. The van der Waals surface area contributed by atoms with Crippen molar-refractivity contribution >= 4 is 16.0 Å². The minimum absolute atomic E-state index is 0.0190. The quantitative estimate of drug-likeness (QED) is 0.620. The summed E-state index contributed by atoms with van der Waals surface area (Å²) in [5.74, 6) is -0.429. The van der Waals surface area contributed by atoms with Crippen molar-refractivity contribution in [3.8, 4) is 0 Å². The van der Waals surface area contributed by atoms with E-state index in [2.05, 4.69) is 24.6 Å². The molecule has 1 heterocycles. The molecule has 1 aromatic heterocycles. The van der Waals surface area contributed by atoms with Crippen LogP contribution in [-0.4, -0.2) is 41.9 Å². The maximum absolute atomic E-state index is 11.5. The van der Waals surface area contributed by atoms with E-state index in [4.69, 9.17) is 0 Å². The van der Waals surface area contributed by atoms with E-state index in [0.717, 1.165) is 0 Å². The Labute approximate surface area is 98.8 Å². The number of H-pyrrole nitrogens is 1. The molecule has 1 aromatic rings. The first-order valence-corrected chi connectivity index (χ1v) is 6.66. The van der Waals surface area contributed by atoms with Crippen molar-refractivity contribution in [3.05, 3.63) is 12.2 Å². The number of aromatic amines is 1. The molecule has 0 aromatic carbocycles. The van der Waals surface area contributed by atoms with Crippen molar-refractivity contribution in [1.29, 1.82) is 0 Å². The van der Waals surface area contributed by atoms with Crippen molar-refractivity contribution in [2.24, 2.45) is 0 Å². The van der Waals surface area contributed by atoms with Gasteiger partial charge in [-0.25, -0.2) is 18.1 Å². The zero-order valence-corrected chi connectivity index (χ0v) is 10.2. The molecule has 9 heteroatoms. The Kier molecular flexibility index (Phi) is 5.04. The Morgan fingerprint density at radius 2 is 2.35 bits per heavy atom. The van der Waals surface area contributed by atoms with Gasteiger partial charge in [0.05, 0.1) is 25.3 Å². The fourth-order valence-corrected chi connectivity index (χ4v) is 1.95. The van der Waals surface area contributed by atoms with Crippen LogP contribution in [0.5, 0.6) is 0 Å². The highest BCUT2D eigenvalue weighted by Crippen LogP contribution is 1.95. The van der Waals surface area contributed by atoms with Crippen LogP contribution < -0.4 is 4.72 Å². The van der Waals surface area contributed by atoms with Crippen LogP contribution in [0.3, 0.4) is 0 Å². The molecule has 0 aliphatic heterocycles. The second-order valence-corrected chi connectivity index (χ2v) is 5.05. The van der Waals surface area contributed by atoms with Crippen LogP contribution >= 0.6 is 0 Å². The van der Waals surface area contributed by atoms with Crippen LogP contribution in [0.2, 0.25) is 0 Å². The molecule has 96 valence electrons. The van der Waals surface area contributed by atoms with E-state index in [1.54, 1.807) is 6.92 Å². The molecule has 0 saturated heterocycles. The smallest absolute Gasteiger partial charge is 0.306 e. The van der Waals surface area contributed by atoms with Crippen LogP contribution in [-0.2, 0) is 26.1 Å². The standard InChI is InChI=1S/C8H14N4O4S/c1-2-16-8(13)3-4-17(14,15)11-5-7-9-6-10-12-7/h6,11H,2-5H2,1H3,(H,9,10,12). The minimum Gasteiger partial charge on any atom is -0.466 e. The highest BCUT2D eigenvalue weighted by atomic mass is 32.2. The Balaban J connectivity index is 2.33. The molecule has 0 amide bonds. The Hall–Kier alpha value is -1.48. The molecule has 0 unspecified atom stereocenters. The van der Waals surface area contributed by atoms with Gasteiger partial charge >= 0.3 is 5.97 Å². The van der Waals surface area contributed by atoms with Crippen molar-refractivity contribution < 1.29 is 17.9 Å². The van der Waals surface area contributed by atoms with E-state index in [0.29, 0.717) is 5.82 Å². The van der Waals surface area contributed by atoms with Crippen molar-refractivity contribution in [1.82, 2.24) is 19.9 Å². The van der Waals surface area contributed by atoms with Crippen LogP contribution in [0, 0.1) is 0 Å². The van der Waals surface area contributed by atoms with Gasteiger partial charge in [-0.2, -0.15) is 5.10 Å². The SMILES string of the molecule is CCOC(=O)CCS(=O)(=O)NCc1ncn[nH]1. The highest BCUT2D eigenvalue weighted by Gasteiger charge is 2.14. The second-order valence-electron chi connectivity index (χ2n) is 3.13. The summed E-state index contributed by atoms with van der Waals surface area (Å²) in [5, 5.41) is 6.09. The molecule has 0 fully saturated rings. The summed E-state index contributed by atoms with van der Waals surface area (Å²) in [7, 11) is -3.51. The number of esters is 1. The molecule has 8 nitrogen and oxygen atoms in total. The van der Waals surface area contributed by atoms with E-state index in [1.165, 1.54) is 6.33 Å². The number of sulfonamides is 1. The van der Waals surface area contributed by atoms with Crippen molar-refractivity contribution in [3.63, 3.8) is 0 Å². The van der Waals surface area contributed by atoms with Crippen molar-refractivity contribution in [2.75, 3.05) is 12.4 Å². The van der Waals surface area contributed by atoms with Gasteiger partial charge in [0.1, 0.15) is 12.2 Å². The number of carbonyl (C=O) groups excluding carboxylic acids is 1. The second kappa shape index (κ2) is 6.30. The fourth-order valence-electron chi connectivity index (χ4n) is 1.02. The summed E-state index contributed by atoms with van der Waals surface area (Å²) in [6.07, 6.45) is 1.11. The largest absolute Gasteiger partial charge is 0.466 e. The topological polar surface area (TPSA) is 114 Å². The van der Waals surface area contributed by atoms with E-state index >= 15 is 0 Å². The molecule has 2 N–H and O–H groups in total. The number of carbonyl (C=O) groups is 1. The first-order chi connectivity index (χ1) is 8.03. The molecule has 0 spiro atoms. The molecule has 0 bridgehead atoms. The third-order valence-corrected chi connectivity index (χ3v) is 3.13. The fraction of sp³-hybridized carbons (Fsp3) is 0.625. The van der Waals surface area contributed by atoms with E-state index in [9.17, 15) is 13.2 Å². The van der Waals surface area contributed by atoms with Gasteiger partial charge in [0.25, 0.3) is 0 Å². The number of ether oxygens (including phenoxy) is 1. The Morgan fingerprint density at radius 1 is 1.59 bits per heavy atom. The molecule has 0 saturated carbocycles.